The molecular formula is C26H15NO3. The van der Waals surface area contributed by atoms with E-state index in [1.807, 2.05) is 91.0 Å². The molecule has 1 aromatic heterocycles. The van der Waals surface area contributed by atoms with Crippen molar-refractivity contribution in [3.63, 3.8) is 0 Å². The lowest BCUT2D eigenvalue weighted by Gasteiger charge is -2.11. The van der Waals surface area contributed by atoms with E-state index in [4.69, 9.17) is 4.42 Å². The summed E-state index contributed by atoms with van der Waals surface area (Å²) in [6.45, 7) is 0. The maximum atomic E-state index is 12.4. The average molecular weight is 389 g/mol. The van der Waals surface area contributed by atoms with Gasteiger partial charge in [0.2, 0.25) is 0 Å². The van der Waals surface area contributed by atoms with Gasteiger partial charge in [0, 0.05) is 16.2 Å². The number of furan rings is 1. The molecule has 0 unspecified atom stereocenters. The summed E-state index contributed by atoms with van der Waals surface area (Å²) in [7, 11) is 0. The van der Waals surface area contributed by atoms with Gasteiger partial charge in [0.1, 0.15) is 16.6 Å². The zero-order chi connectivity index (χ0) is 20.2. The Morgan fingerprint density at radius 3 is 2.17 bits per heavy atom. The van der Waals surface area contributed by atoms with Crippen LogP contribution in [-0.2, 0) is 0 Å². The lowest BCUT2D eigenvalue weighted by atomic mass is 9.92. The number of benzene rings is 5. The Balaban J connectivity index is 1.87. The summed E-state index contributed by atoms with van der Waals surface area (Å²) in [6.07, 6.45) is 0. The summed E-state index contributed by atoms with van der Waals surface area (Å²) in [5.74, 6) is 0. The molecule has 0 aliphatic heterocycles. The van der Waals surface area contributed by atoms with Gasteiger partial charge in [-0.05, 0) is 28.5 Å². The highest BCUT2D eigenvalue weighted by molar-refractivity contribution is 6.24. The van der Waals surface area contributed by atoms with E-state index in [-0.39, 0.29) is 10.6 Å². The van der Waals surface area contributed by atoms with Crippen molar-refractivity contribution in [2.24, 2.45) is 0 Å². The van der Waals surface area contributed by atoms with Crippen LogP contribution >= 0.6 is 0 Å². The first-order chi connectivity index (χ1) is 14.7. The Kier molecular flexibility index (Phi) is 3.44. The van der Waals surface area contributed by atoms with Gasteiger partial charge in [-0.25, -0.2) is 0 Å². The second-order valence-electron chi connectivity index (χ2n) is 7.39. The molecule has 4 nitrogen and oxygen atoms in total. The second kappa shape index (κ2) is 6.16. The van der Waals surface area contributed by atoms with Gasteiger partial charge in [-0.15, -0.1) is 0 Å². The normalized spacial score (nSPS) is 11.6. The smallest absolute Gasteiger partial charge is 0.289 e. The van der Waals surface area contributed by atoms with E-state index >= 15 is 0 Å². The van der Waals surface area contributed by atoms with Crippen LogP contribution in [0.1, 0.15) is 0 Å². The number of fused-ring (bicyclic) bond motifs is 6. The largest absolute Gasteiger partial charge is 0.455 e. The number of hydrogen-bond donors (Lipinski definition) is 0. The van der Waals surface area contributed by atoms with Crippen molar-refractivity contribution >= 4 is 49.2 Å². The monoisotopic (exact) mass is 389 g/mol. The van der Waals surface area contributed by atoms with E-state index in [0.29, 0.717) is 22.1 Å². The van der Waals surface area contributed by atoms with Crippen molar-refractivity contribution in [3.8, 4) is 11.1 Å². The van der Waals surface area contributed by atoms with Crippen LogP contribution in [0.25, 0.3) is 54.6 Å². The van der Waals surface area contributed by atoms with Gasteiger partial charge >= 0.3 is 0 Å². The molecule has 30 heavy (non-hydrogen) atoms. The summed E-state index contributed by atoms with van der Waals surface area (Å²) in [5.41, 5.74) is 2.74. The minimum absolute atomic E-state index is 0.0870. The number of rotatable bonds is 2. The first-order valence-electron chi connectivity index (χ1n) is 9.72. The van der Waals surface area contributed by atoms with Crippen LogP contribution in [0.15, 0.2) is 95.4 Å². The van der Waals surface area contributed by atoms with Gasteiger partial charge < -0.3 is 4.42 Å². The maximum Gasteiger partial charge on any atom is 0.289 e. The highest BCUT2D eigenvalue weighted by Gasteiger charge is 2.28. The number of nitro groups is 1. The first kappa shape index (κ1) is 16.7. The summed E-state index contributed by atoms with van der Waals surface area (Å²) in [4.78, 5) is 12.1. The number of hydrogen-bond acceptors (Lipinski definition) is 3. The highest BCUT2D eigenvalue weighted by atomic mass is 16.6. The van der Waals surface area contributed by atoms with Gasteiger partial charge in [0.15, 0.2) is 0 Å². The third-order valence-corrected chi connectivity index (χ3v) is 5.73. The number of para-hydroxylation sites is 1. The van der Waals surface area contributed by atoms with Crippen molar-refractivity contribution in [3.05, 3.63) is 101 Å². The molecule has 6 aromatic rings. The molecule has 0 radical (unpaired) electrons. The Morgan fingerprint density at radius 1 is 0.700 bits per heavy atom. The van der Waals surface area contributed by atoms with E-state index < -0.39 is 0 Å². The molecule has 0 N–H and O–H groups in total. The Labute approximate surface area is 171 Å². The Bertz CT molecular complexity index is 1630. The molecule has 0 spiro atoms. The summed E-state index contributed by atoms with van der Waals surface area (Å²) < 4.78 is 6.11. The predicted molar refractivity (Wildman–Crippen MR) is 121 cm³/mol. The van der Waals surface area contributed by atoms with Crippen LogP contribution in [0.2, 0.25) is 0 Å². The molecule has 0 bridgehead atoms. The fourth-order valence-corrected chi connectivity index (χ4v) is 4.44. The van der Waals surface area contributed by atoms with Crippen LogP contribution in [-0.4, -0.2) is 4.92 Å². The van der Waals surface area contributed by atoms with E-state index in [1.54, 1.807) is 0 Å². The average Bonchev–Trinajstić information content (AvgIpc) is 3.17. The van der Waals surface area contributed by atoms with Crippen LogP contribution in [0.5, 0.6) is 0 Å². The molecule has 0 fully saturated rings. The number of nitrogens with zero attached hydrogens (tertiary/aromatic N) is 1. The lowest BCUT2D eigenvalue weighted by Crippen LogP contribution is -1.95. The third-order valence-electron chi connectivity index (χ3n) is 5.73. The highest BCUT2D eigenvalue weighted by Crippen LogP contribution is 2.47. The summed E-state index contributed by atoms with van der Waals surface area (Å²) >= 11 is 0. The standard InChI is InChI=1S/C26H15NO3/c28-27(29)25-23(18-14-13-16-7-1-2-8-17(16)15-18)19-9-3-4-10-20(19)26-24(25)21-11-5-6-12-22(21)30-26/h1-15H. The SMILES string of the molecule is O=[N+]([O-])c1c(-c2ccc3ccccc3c2)c2ccccc2c2oc3ccccc3c12. The zero-order valence-electron chi connectivity index (χ0n) is 15.8. The minimum atomic E-state index is -0.277. The molecule has 0 amide bonds. The molecule has 0 atom stereocenters. The van der Waals surface area contributed by atoms with E-state index in [1.165, 1.54) is 0 Å². The van der Waals surface area contributed by atoms with E-state index in [2.05, 4.69) is 0 Å². The Hall–Kier alpha value is -4.18. The molecule has 0 aliphatic carbocycles. The third kappa shape index (κ3) is 2.28. The molecule has 5 aromatic carbocycles. The van der Waals surface area contributed by atoms with Crippen LogP contribution < -0.4 is 0 Å². The molecule has 142 valence electrons. The lowest BCUT2D eigenvalue weighted by molar-refractivity contribution is -0.382. The molecule has 4 heteroatoms. The topological polar surface area (TPSA) is 56.3 Å². The second-order valence-corrected chi connectivity index (χ2v) is 7.39. The predicted octanol–water partition coefficient (Wildman–Crippen LogP) is 7.47. The molecule has 0 saturated carbocycles. The molecule has 1 heterocycles. The summed E-state index contributed by atoms with van der Waals surface area (Å²) in [5, 5.41) is 17.6. The van der Waals surface area contributed by atoms with Crippen LogP contribution in [0.3, 0.4) is 0 Å². The molecule has 0 saturated heterocycles. The minimum Gasteiger partial charge on any atom is -0.455 e. The Morgan fingerprint density at radius 2 is 1.37 bits per heavy atom. The van der Waals surface area contributed by atoms with Crippen molar-refractivity contribution in [2.75, 3.05) is 0 Å². The fourth-order valence-electron chi connectivity index (χ4n) is 4.44. The van der Waals surface area contributed by atoms with Gasteiger partial charge in [-0.2, -0.15) is 0 Å². The molecular weight excluding hydrogens is 374 g/mol. The van der Waals surface area contributed by atoms with Crippen molar-refractivity contribution in [2.45, 2.75) is 0 Å². The van der Waals surface area contributed by atoms with Gasteiger partial charge in [-0.3, -0.25) is 10.1 Å². The van der Waals surface area contributed by atoms with Crippen molar-refractivity contribution in [1.29, 1.82) is 0 Å². The van der Waals surface area contributed by atoms with Crippen LogP contribution in [0, 0.1) is 10.1 Å². The van der Waals surface area contributed by atoms with Crippen molar-refractivity contribution < 1.29 is 9.34 Å². The zero-order valence-corrected chi connectivity index (χ0v) is 15.8. The van der Waals surface area contributed by atoms with Crippen LogP contribution in [0.4, 0.5) is 5.69 Å². The fraction of sp³-hybridized carbons (Fsp3) is 0. The molecule has 6 rings (SSSR count). The quantitative estimate of drug-likeness (QED) is 0.228. The van der Waals surface area contributed by atoms with E-state index in [9.17, 15) is 10.1 Å². The van der Waals surface area contributed by atoms with Gasteiger partial charge in [-0.1, -0.05) is 78.9 Å². The first-order valence-corrected chi connectivity index (χ1v) is 9.72. The summed E-state index contributed by atoms with van der Waals surface area (Å²) in [6, 6.07) is 29.3. The van der Waals surface area contributed by atoms with Crippen molar-refractivity contribution in [1.82, 2.24) is 0 Å². The number of nitro benzene ring substituents is 1. The maximum absolute atomic E-state index is 12.4. The van der Waals surface area contributed by atoms with Gasteiger partial charge in [0.05, 0.1) is 10.5 Å². The van der Waals surface area contributed by atoms with E-state index in [0.717, 1.165) is 32.5 Å². The molecule has 0 aliphatic rings. The van der Waals surface area contributed by atoms with Gasteiger partial charge in [0.25, 0.3) is 5.69 Å².